The summed E-state index contributed by atoms with van der Waals surface area (Å²) in [7, 11) is 0. The first-order valence-corrected chi connectivity index (χ1v) is 5.68. The van der Waals surface area contributed by atoms with Gasteiger partial charge in [-0.25, -0.2) is 0 Å². The van der Waals surface area contributed by atoms with E-state index in [0.717, 1.165) is 20.5 Å². The van der Waals surface area contributed by atoms with Gasteiger partial charge in [0.2, 0.25) is 0 Å². The molecule has 2 aromatic rings. The number of fused-ring (bicyclic) bond motifs is 1. The molecule has 0 saturated heterocycles. The highest BCUT2D eigenvalue weighted by Crippen LogP contribution is 2.32. The van der Waals surface area contributed by atoms with Crippen LogP contribution in [0.4, 0.5) is 0 Å². The molecule has 70 valence electrons. The first kappa shape index (κ1) is 9.85. The highest BCUT2D eigenvalue weighted by molar-refractivity contribution is 7.80. The summed E-state index contributed by atoms with van der Waals surface area (Å²) in [5.41, 5.74) is 1.04. The molecular weight excluding hydrogens is 234 g/mol. The zero-order valence-electron chi connectivity index (χ0n) is 7.12. The summed E-state index contributed by atoms with van der Waals surface area (Å²) < 4.78 is 1.13. The lowest BCUT2D eigenvalue weighted by Gasteiger charge is -1.97. The molecule has 1 aromatic heterocycles. The lowest BCUT2D eigenvalue weighted by molar-refractivity contribution is 1.30. The van der Waals surface area contributed by atoms with Crippen molar-refractivity contribution >= 4 is 45.7 Å². The predicted molar refractivity (Wildman–Crippen MR) is 63.4 cm³/mol. The largest absolute Gasteiger partial charge is 0.198 e. The van der Waals surface area contributed by atoms with Gasteiger partial charge in [0.15, 0.2) is 0 Å². The van der Waals surface area contributed by atoms with E-state index >= 15 is 0 Å². The van der Waals surface area contributed by atoms with Crippen LogP contribution in [-0.4, -0.2) is 0 Å². The minimum Gasteiger partial charge on any atom is -0.198 e. The maximum Gasteiger partial charge on any atom is 0.0670 e. The average Bonchev–Trinajstić information content (AvgIpc) is 2.51. The Bertz CT molecular complexity index is 525. The molecule has 14 heavy (non-hydrogen) atoms. The molecule has 0 aliphatic rings. The molecule has 0 amide bonds. The van der Waals surface area contributed by atoms with Gasteiger partial charge in [-0.05, 0) is 28.5 Å². The van der Waals surface area contributed by atoms with Crippen LogP contribution in [0.2, 0.25) is 5.02 Å². The van der Waals surface area contributed by atoms with Crippen molar-refractivity contribution in [1.29, 1.82) is 5.26 Å². The zero-order chi connectivity index (χ0) is 10.1. The summed E-state index contributed by atoms with van der Waals surface area (Å²) in [6.45, 7) is 0. The molecule has 0 N–H and O–H groups in total. The van der Waals surface area contributed by atoms with Crippen molar-refractivity contribution in [2.75, 3.05) is 0 Å². The standard InChI is InChI=1S/C10H6ClNS2/c11-8-3-7-6(1-2-12)5-14-10(7)4-9(8)13/h3-5,13H,1H2. The summed E-state index contributed by atoms with van der Waals surface area (Å²) in [6.07, 6.45) is 0.433. The molecule has 0 saturated carbocycles. The molecule has 0 radical (unpaired) electrons. The number of nitrogens with zero attached hydrogens (tertiary/aromatic N) is 1. The molecule has 1 aromatic carbocycles. The van der Waals surface area contributed by atoms with E-state index in [2.05, 4.69) is 18.7 Å². The van der Waals surface area contributed by atoms with Crippen molar-refractivity contribution in [3.8, 4) is 6.07 Å². The number of rotatable bonds is 1. The van der Waals surface area contributed by atoms with E-state index in [1.54, 1.807) is 11.3 Å². The monoisotopic (exact) mass is 239 g/mol. The van der Waals surface area contributed by atoms with Gasteiger partial charge in [-0.15, -0.1) is 24.0 Å². The summed E-state index contributed by atoms with van der Waals surface area (Å²) >= 11 is 11.8. The number of halogens is 1. The second-order valence-electron chi connectivity index (χ2n) is 2.90. The van der Waals surface area contributed by atoms with Gasteiger partial charge in [-0.3, -0.25) is 0 Å². The van der Waals surface area contributed by atoms with E-state index in [4.69, 9.17) is 16.9 Å². The molecule has 0 unspecified atom stereocenters. The number of thiol groups is 1. The van der Waals surface area contributed by atoms with Crippen molar-refractivity contribution in [3.63, 3.8) is 0 Å². The second-order valence-corrected chi connectivity index (χ2v) is 4.70. The van der Waals surface area contributed by atoms with Crippen molar-refractivity contribution < 1.29 is 0 Å². The fourth-order valence-electron chi connectivity index (χ4n) is 1.31. The lowest BCUT2D eigenvalue weighted by atomic mass is 10.1. The van der Waals surface area contributed by atoms with Gasteiger partial charge in [-0.1, -0.05) is 11.6 Å². The van der Waals surface area contributed by atoms with E-state index in [9.17, 15) is 0 Å². The summed E-state index contributed by atoms with van der Waals surface area (Å²) in [5.74, 6) is 0. The van der Waals surface area contributed by atoms with Crippen LogP contribution in [0.5, 0.6) is 0 Å². The molecule has 0 spiro atoms. The van der Waals surface area contributed by atoms with Crippen molar-refractivity contribution in [2.45, 2.75) is 11.3 Å². The van der Waals surface area contributed by atoms with Gasteiger partial charge in [0.1, 0.15) is 0 Å². The SMILES string of the molecule is N#CCc1csc2cc(S)c(Cl)cc12. The van der Waals surface area contributed by atoms with E-state index < -0.39 is 0 Å². The Kier molecular flexibility index (Phi) is 2.69. The number of nitriles is 1. The third-order valence-electron chi connectivity index (χ3n) is 1.99. The molecule has 0 fully saturated rings. The molecular formula is C10H6ClNS2. The molecule has 0 atom stereocenters. The minimum absolute atomic E-state index is 0.433. The third-order valence-corrected chi connectivity index (χ3v) is 3.80. The smallest absolute Gasteiger partial charge is 0.0670 e. The first-order chi connectivity index (χ1) is 6.72. The Hall–Kier alpha value is -0.690. The van der Waals surface area contributed by atoms with Gasteiger partial charge < -0.3 is 0 Å². The summed E-state index contributed by atoms with van der Waals surface area (Å²) in [5, 5.41) is 12.3. The maximum atomic E-state index is 8.63. The molecule has 1 nitrogen and oxygen atoms in total. The number of benzene rings is 1. The fourth-order valence-corrected chi connectivity index (χ4v) is 2.74. The third kappa shape index (κ3) is 1.61. The van der Waals surface area contributed by atoms with Crippen LogP contribution < -0.4 is 0 Å². The summed E-state index contributed by atoms with van der Waals surface area (Å²) in [4.78, 5) is 0.782. The predicted octanol–water partition coefficient (Wildman–Crippen LogP) is 3.91. The van der Waals surface area contributed by atoms with Gasteiger partial charge in [0, 0.05) is 9.60 Å². The quantitative estimate of drug-likeness (QED) is 0.750. The molecule has 0 aliphatic heterocycles. The normalized spacial score (nSPS) is 10.4. The van der Waals surface area contributed by atoms with Crippen LogP contribution in [0.15, 0.2) is 22.4 Å². The van der Waals surface area contributed by atoms with Crippen LogP contribution in [-0.2, 0) is 6.42 Å². The molecule has 2 rings (SSSR count). The lowest BCUT2D eigenvalue weighted by Crippen LogP contribution is -1.78. The van der Waals surface area contributed by atoms with Gasteiger partial charge in [0.25, 0.3) is 0 Å². The summed E-state index contributed by atoms with van der Waals surface area (Å²) in [6, 6.07) is 5.96. The second kappa shape index (κ2) is 3.82. The van der Waals surface area contributed by atoms with Gasteiger partial charge in [0.05, 0.1) is 17.5 Å². The van der Waals surface area contributed by atoms with Gasteiger partial charge >= 0.3 is 0 Å². The molecule has 4 heteroatoms. The Morgan fingerprint density at radius 1 is 1.50 bits per heavy atom. The Morgan fingerprint density at radius 2 is 2.29 bits per heavy atom. The number of hydrogen-bond acceptors (Lipinski definition) is 3. The Morgan fingerprint density at radius 3 is 3.00 bits per heavy atom. The highest BCUT2D eigenvalue weighted by Gasteiger charge is 2.06. The van der Waals surface area contributed by atoms with Gasteiger partial charge in [-0.2, -0.15) is 5.26 Å². The Labute approximate surface area is 96.3 Å². The molecule has 1 heterocycles. The number of hydrogen-bond donors (Lipinski definition) is 1. The Balaban J connectivity index is 2.69. The molecule has 0 aliphatic carbocycles. The van der Waals surface area contributed by atoms with Crippen molar-refractivity contribution in [2.24, 2.45) is 0 Å². The topological polar surface area (TPSA) is 23.8 Å². The zero-order valence-corrected chi connectivity index (χ0v) is 9.59. The van der Waals surface area contributed by atoms with E-state index in [-0.39, 0.29) is 0 Å². The first-order valence-electron chi connectivity index (χ1n) is 3.98. The fraction of sp³-hybridized carbons (Fsp3) is 0.100. The highest BCUT2D eigenvalue weighted by atomic mass is 35.5. The average molecular weight is 240 g/mol. The van der Waals surface area contributed by atoms with Crippen molar-refractivity contribution in [1.82, 2.24) is 0 Å². The molecule has 0 bridgehead atoms. The number of thiophene rings is 1. The minimum atomic E-state index is 0.433. The van der Waals surface area contributed by atoms with E-state index in [1.807, 2.05) is 17.5 Å². The van der Waals surface area contributed by atoms with E-state index in [1.165, 1.54) is 0 Å². The maximum absolute atomic E-state index is 8.63. The van der Waals surface area contributed by atoms with Crippen LogP contribution in [0.25, 0.3) is 10.1 Å². The van der Waals surface area contributed by atoms with Crippen LogP contribution in [0.1, 0.15) is 5.56 Å². The van der Waals surface area contributed by atoms with Crippen LogP contribution in [0, 0.1) is 11.3 Å². The van der Waals surface area contributed by atoms with Crippen molar-refractivity contribution in [3.05, 3.63) is 28.1 Å². The van der Waals surface area contributed by atoms with Crippen LogP contribution in [0.3, 0.4) is 0 Å². The van der Waals surface area contributed by atoms with Crippen LogP contribution >= 0.6 is 35.6 Å². The van der Waals surface area contributed by atoms with E-state index in [0.29, 0.717) is 11.4 Å².